The standard InChI is InChI=1S/C19H22BrN3O3/c1-12(14-6-9-17(26-3)16(20)10-14)22-11-18(24)23-15-7-4-13(5-8-15)19(25)21-2/h4-10,12,22H,11H2,1-3H3,(H,21,25)(H,23,24)/t12-/m0/s1. The minimum absolute atomic E-state index is 0.00131. The van der Waals surface area contributed by atoms with E-state index in [1.54, 1.807) is 38.4 Å². The van der Waals surface area contributed by atoms with Crippen molar-refractivity contribution in [2.24, 2.45) is 0 Å². The van der Waals surface area contributed by atoms with Gasteiger partial charge in [-0.1, -0.05) is 6.07 Å². The molecule has 2 aromatic rings. The highest BCUT2D eigenvalue weighted by molar-refractivity contribution is 9.10. The molecule has 0 aliphatic carbocycles. The van der Waals surface area contributed by atoms with Crippen LogP contribution in [0.15, 0.2) is 46.9 Å². The molecular weight excluding hydrogens is 398 g/mol. The largest absolute Gasteiger partial charge is 0.496 e. The highest BCUT2D eigenvalue weighted by Gasteiger charge is 2.10. The van der Waals surface area contributed by atoms with E-state index < -0.39 is 0 Å². The van der Waals surface area contributed by atoms with E-state index >= 15 is 0 Å². The molecule has 6 nitrogen and oxygen atoms in total. The maximum absolute atomic E-state index is 12.1. The third kappa shape index (κ3) is 5.31. The molecule has 2 rings (SSSR count). The number of halogens is 1. The van der Waals surface area contributed by atoms with E-state index in [1.807, 2.05) is 25.1 Å². The molecule has 0 spiro atoms. The van der Waals surface area contributed by atoms with Crippen molar-refractivity contribution in [2.45, 2.75) is 13.0 Å². The van der Waals surface area contributed by atoms with Gasteiger partial charge in [-0.2, -0.15) is 0 Å². The molecule has 0 bridgehead atoms. The predicted molar refractivity (Wildman–Crippen MR) is 106 cm³/mol. The quantitative estimate of drug-likeness (QED) is 0.643. The van der Waals surface area contributed by atoms with Crippen molar-refractivity contribution in [3.8, 4) is 5.75 Å². The van der Waals surface area contributed by atoms with E-state index in [9.17, 15) is 9.59 Å². The van der Waals surface area contributed by atoms with Crippen molar-refractivity contribution >= 4 is 33.4 Å². The zero-order chi connectivity index (χ0) is 19.1. The smallest absolute Gasteiger partial charge is 0.251 e. The molecule has 0 saturated heterocycles. The number of nitrogens with one attached hydrogen (secondary N) is 3. The van der Waals surface area contributed by atoms with Crippen LogP contribution in [0.2, 0.25) is 0 Å². The van der Waals surface area contributed by atoms with Crippen molar-refractivity contribution in [2.75, 3.05) is 26.0 Å². The van der Waals surface area contributed by atoms with Gasteiger partial charge in [0, 0.05) is 24.3 Å². The molecule has 7 heteroatoms. The van der Waals surface area contributed by atoms with Crippen LogP contribution < -0.4 is 20.7 Å². The fourth-order valence-corrected chi connectivity index (χ4v) is 2.93. The summed E-state index contributed by atoms with van der Waals surface area (Å²) in [5.74, 6) is 0.444. The fraction of sp³-hybridized carbons (Fsp3) is 0.263. The first-order valence-corrected chi connectivity index (χ1v) is 8.92. The summed E-state index contributed by atoms with van der Waals surface area (Å²) in [5, 5.41) is 8.54. The number of benzene rings is 2. The molecular formula is C19H22BrN3O3. The van der Waals surface area contributed by atoms with Gasteiger partial charge >= 0.3 is 0 Å². The van der Waals surface area contributed by atoms with Gasteiger partial charge in [0.2, 0.25) is 5.91 Å². The lowest BCUT2D eigenvalue weighted by molar-refractivity contribution is -0.115. The number of amides is 2. The summed E-state index contributed by atoms with van der Waals surface area (Å²) in [6, 6.07) is 12.5. The van der Waals surface area contributed by atoms with Crippen molar-refractivity contribution in [3.63, 3.8) is 0 Å². The lowest BCUT2D eigenvalue weighted by Crippen LogP contribution is -2.30. The molecule has 1 atom stereocenters. The molecule has 0 radical (unpaired) electrons. The number of anilines is 1. The highest BCUT2D eigenvalue weighted by Crippen LogP contribution is 2.27. The Labute approximate surface area is 161 Å². The topological polar surface area (TPSA) is 79.5 Å². The lowest BCUT2D eigenvalue weighted by Gasteiger charge is -2.15. The van der Waals surface area contributed by atoms with E-state index in [0.717, 1.165) is 15.8 Å². The first kappa shape index (κ1) is 19.9. The van der Waals surface area contributed by atoms with Crippen LogP contribution in [0.5, 0.6) is 5.75 Å². The van der Waals surface area contributed by atoms with Gasteiger partial charge in [0.05, 0.1) is 18.1 Å². The van der Waals surface area contributed by atoms with E-state index in [4.69, 9.17) is 4.74 Å². The molecule has 3 N–H and O–H groups in total. The summed E-state index contributed by atoms with van der Waals surface area (Å²) in [6.07, 6.45) is 0. The van der Waals surface area contributed by atoms with Crippen molar-refractivity contribution in [3.05, 3.63) is 58.1 Å². The van der Waals surface area contributed by atoms with Gasteiger partial charge in [0.25, 0.3) is 5.91 Å². The van der Waals surface area contributed by atoms with Gasteiger partial charge in [0.15, 0.2) is 0 Å². The van der Waals surface area contributed by atoms with Crippen LogP contribution >= 0.6 is 15.9 Å². The van der Waals surface area contributed by atoms with Crippen molar-refractivity contribution < 1.29 is 14.3 Å². The van der Waals surface area contributed by atoms with Crippen LogP contribution in [0.1, 0.15) is 28.9 Å². The first-order valence-electron chi connectivity index (χ1n) is 8.13. The lowest BCUT2D eigenvalue weighted by atomic mass is 10.1. The molecule has 0 unspecified atom stereocenters. The predicted octanol–water partition coefficient (Wildman–Crippen LogP) is 3.11. The highest BCUT2D eigenvalue weighted by atomic mass is 79.9. The van der Waals surface area contributed by atoms with Crippen molar-refractivity contribution in [1.29, 1.82) is 0 Å². The number of hydrogen-bond donors (Lipinski definition) is 3. The average molecular weight is 420 g/mol. The Balaban J connectivity index is 1.88. The summed E-state index contributed by atoms with van der Waals surface area (Å²) in [6.45, 7) is 2.15. The molecule has 0 aliphatic heterocycles. The van der Waals surface area contributed by atoms with E-state index in [0.29, 0.717) is 11.3 Å². The van der Waals surface area contributed by atoms with Gasteiger partial charge in [-0.05, 0) is 64.8 Å². The Bertz CT molecular complexity index is 778. The molecule has 2 amide bonds. The Morgan fingerprint density at radius 3 is 2.42 bits per heavy atom. The Morgan fingerprint density at radius 1 is 1.15 bits per heavy atom. The Kier molecular flexibility index (Phi) is 7.17. The van der Waals surface area contributed by atoms with Crippen LogP contribution in [0.3, 0.4) is 0 Å². The third-order valence-corrected chi connectivity index (χ3v) is 4.52. The number of carbonyl (C=O) groups is 2. The molecule has 138 valence electrons. The molecule has 0 aliphatic rings. The Hall–Kier alpha value is -2.38. The second-order valence-electron chi connectivity index (χ2n) is 5.70. The minimum atomic E-state index is -0.163. The molecule has 0 fully saturated rings. The van der Waals surface area contributed by atoms with Gasteiger partial charge in [-0.3, -0.25) is 9.59 Å². The zero-order valence-corrected chi connectivity index (χ0v) is 16.5. The normalized spacial score (nSPS) is 11.5. The average Bonchev–Trinajstić information content (AvgIpc) is 2.66. The monoisotopic (exact) mass is 419 g/mol. The first-order chi connectivity index (χ1) is 12.4. The number of ether oxygens (including phenoxy) is 1. The van der Waals surface area contributed by atoms with E-state index in [-0.39, 0.29) is 24.4 Å². The second-order valence-corrected chi connectivity index (χ2v) is 6.56. The van der Waals surface area contributed by atoms with Gasteiger partial charge in [-0.25, -0.2) is 0 Å². The zero-order valence-electron chi connectivity index (χ0n) is 14.9. The summed E-state index contributed by atoms with van der Waals surface area (Å²) < 4.78 is 6.09. The number of rotatable bonds is 7. The van der Waals surface area contributed by atoms with Gasteiger partial charge in [-0.15, -0.1) is 0 Å². The van der Waals surface area contributed by atoms with Crippen LogP contribution in [0.4, 0.5) is 5.69 Å². The summed E-state index contributed by atoms with van der Waals surface area (Å²) in [4.78, 5) is 23.6. The third-order valence-electron chi connectivity index (χ3n) is 3.90. The fourth-order valence-electron chi connectivity index (χ4n) is 2.37. The van der Waals surface area contributed by atoms with E-state index in [2.05, 4.69) is 31.9 Å². The van der Waals surface area contributed by atoms with Crippen LogP contribution in [0, 0.1) is 0 Å². The minimum Gasteiger partial charge on any atom is -0.496 e. The Morgan fingerprint density at radius 2 is 1.85 bits per heavy atom. The van der Waals surface area contributed by atoms with Crippen LogP contribution in [-0.2, 0) is 4.79 Å². The van der Waals surface area contributed by atoms with Gasteiger partial charge in [0.1, 0.15) is 5.75 Å². The molecule has 0 aromatic heterocycles. The van der Waals surface area contributed by atoms with Crippen LogP contribution in [0.25, 0.3) is 0 Å². The van der Waals surface area contributed by atoms with E-state index in [1.165, 1.54) is 0 Å². The number of methoxy groups -OCH3 is 1. The molecule has 2 aromatic carbocycles. The van der Waals surface area contributed by atoms with Gasteiger partial charge < -0.3 is 20.7 Å². The maximum atomic E-state index is 12.1. The second kappa shape index (κ2) is 9.35. The molecule has 26 heavy (non-hydrogen) atoms. The number of hydrogen-bond acceptors (Lipinski definition) is 4. The molecule has 0 saturated carbocycles. The summed E-state index contributed by atoms with van der Waals surface area (Å²) in [7, 11) is 3.19. The summed E-state index contributed by atoms with van der Waals surface area (Å²) in [5.41, 5.74) is 2.23. The number of carbonyl (C=O) groups excluding carboxylic acids is 2. The van der Waals surface area contributed by atoms with Crippen molar-refractivity contribution in [1.82, 2.24) is 10.6 Å². The SMILES string of the molecule is CNC(=O)c1ccc(NC(=O)CN[C@@H](C)c2ccc(OC)c(Br)c2)cc1. The maximum Gasteiger partial charge on any atom is 0.251 e. The van der Waals surface area contributed by atoms with Crippen LogP contribution in [-0.4, -0.2) is 32.5 Å². The molecule has 0 heterocycles. The summed E-state index contributed by atoms with van der Waals surface area (Å²) >= 11 is 3.46.